The molecule has 0 unspecified atom stereocenters. The lowest BCUT2D eigenvalue weighted by molar-refractivity contribution is 0.0637. The fourth-order valence-corrected chi connectivity index (χ4v) is 2.89. The van der Waals surface area contributed by atoms with Gasteiger partial charge in [0.15, 0.2) is 0 Å². The van der Waals surface area contributed by atoms with Crippen LogP contribution in [0.5, 0.6) is 5.75 Å². The summed E-state index contributed by atoms with van der Waals surface area (Å²) >= 11 is 0. The van der Waals surface area contributed by atoms with Gasteiger partial charge in [-0.2, -0.15) is 0 Å². The van der Waals surface area contributed by atoms with E-state index in [0.29, 0.717) is 5.69 Å². The number of hydrogen-bond donors (Lipinski definition) is 1. The summed E-state index contributed by atoms with van der Waals surface area (Å²) in [6, 6.07) is 11.3. The van der Waals surface area contributed by atoms with Crippen LogP contribution in [0.1, 0.15) is 17.4 Å². The number of likely N-dealkylation sites (N-methyl/N-ethyl adjacent to an activating group) is 1. The first-order valence-corrected chi connectivity index (χ1v) is 8.58. The molecule has 1 aromatic carbocycles. The van der Waals surface area contributed by atoms with Gasteiger partial charge in [-0.15, -0.1) is 0 Å². The van der Waals surface area contributed by atoms with Gasteiger partial charge >= 0.3 is 0 Å². The van der Waals surface area contributed by atoms with E-state index in [0.717, 1.165) is 49.8 Å². The molecule has 1 fully saturated rings. The molecule has 3 rings (SSSR count). The average Bonchev–Trinajstić information content (AvgIpc) is 2.68. The molecule has 6 heteroatoms. The molecule has 1 aliphatic heterocycles. The number of pyridine rings is 1. The van der Waals surface area contributed by atoms with Gasteiger partial charge in [0, 0.05) is 37.9 Å². The Balaban J connectivity index is 1.62. The molecule has 1 saturated heterocycles. The van der Waals surface area contributed by atoms with Gasteiger partial charge in [0.2, 0.25) is 0 Å². The molecule has 0 atom stereocenters. The molecule has 132 valence electrons. The topological polar surface area (TPSA) is 57.7 Å². The maximum absolute atomic E-state index is 12.6. The van der Waals surface area contributed by atoms with Crippen molar-refractivity contribution in [1.29, 1.82) is 0 Å². The number of piperazine rings is 1. The lowest BCUT2D eigenvalue weighted by atomic mass is 10.2. The predicted molar refractivity (Wildman–Crippen MR) is 98.5 cm³/mol. The maximum Gasteiger partial charge on any atom is 0.272 e. The first-order valence-electron chi connectivity index (χ1n) is 8.58. The number of methoxy groups -OCH3 is 1. The molecule has 25 heavy (non-hydrogen) atoms. The molecule has 0 radical (unpaired) electrons. The van der Waals surface area contributed by atoms with E-state index in [9.17, 15) is 4.79 Å². The highest BCUT2D eigenvalue weighted by Crippen LogP contribution is 2.21. The van der Waals surface area contributed by atoms with E-state index in [1.165, 1.54) is 0 Å². The van der Waals surface area contributed by atoms with Crippen molar-refractivity contribution in [3.63, 3.8) is 0 Å². The summed E-state index contributed by atoms with van der Waals surface area (Å²) in [6.45, 7) is 6.56. The van der Waals surface area contributed by atoms with Gasteiger partial charge in [0.25, 0.3) is 5.91 Å². The van der Waals surface area contributed by atoms with E-state index in [1.54, 1.807) is 19.4 Å². The van der Waals surface area contributed by atoms with Crippen molar-refractivity contribution in [1.82, 2.24) is 14.8 Å². The number of nitrogens with zero attached hydrogens (tertiary/aromatic N) is 3. The van der Waals surface area contributed by atoms with Crippen LogP contribution in [0, 0.1) is 0 Å². The second-order valence-electron chi connectivity index (χ2n) is 6.02. The normalized spacial score (nSPS) is 15.0. The van der Waals surface area contributed by atoms with Gasteiger partial charge in [-0.25, -0.2) is 4.98 Å². The zero-order chi connectivity index (χ0) is 17.6. The number of benzene rings is 1. The molecule has 2 aromatic rings. The lowest BCUT2D eigenvalue weighted by Crippen LogP contribution is -2.48. The molecule has 0 spiro atoms. The summed E-state index contributed by atoms with van der Waals surface area (Å²) in [5.74, 6) is 0.791. The predicted octanol–water partition coefficient (Wildman–Crippen LogP) is 2.61. The Bertz CT molecular complexity index is 710. The van der Waals surface area contributed by atoms with Crippen molar-refractivity contribution in [2.75, 3.05) is 45.2 Å². The number of hydrogen-bond acceptors (Lipinski definition) is 5. The number of ether oxygens (including phenoxy) is 1. The number of nitrogens with one attached hydrogen (secondary N) is 1. The van der Waals surface area contributed by atoms with E-state index < -0.39 is 0 Å². The third kappa shape index (κ3) is 4.28. The maximum atomic E-state index is 12.6. The van der Waals surface area contributed by atoms with E-state index >= 15 is 0 Å². The van der Waals surface area contributed by atoms with Crippen LogP contribution in [0.2, 0.25) is 0 Å². The van der Waals surface area contributed by atoms with E-state index in [2.05, 4.69) is 22.1 Å². The van der Waals surface area contributed by atoms with Crippen LogP contribution >= 0.6 is 0 Å². The first-order chi connectivity index (χ1) is 12.2. The second kappa shape index (κ2) is 7.98. The van der Waals surface area contributed by atoms with Crippen molar-refractivity contribution in [3.8, 4) is 5.75 Å². The Morgan fingerprint density at radius 1 is 1.16 bits per heavy atom. The molecule has 1 aromatic heterocycles. The molecule has 0 aliphatic carbocycles. The number of carbonyl (C=O) groups is 1. The van der Waals surface area contributed by atoms with Crippen LogP contribution in [0.4, 0.5) is 11.4 Å². The number of amides is 1. The minimum atomic E-state index is 0.00341. The minimum Gasteiger partial charge on any atom is -0.497 e. The summed E-state index contributed by atoms with van der Waals surface area (Å²) in [6.07, 6.45) is 1.69. The van der Waals surface area contributed by atoms with Gasteiger partial charge in [-0.05, 0) is 30.8 Å². The molecule has 1 N–H and O–H groups in total. The first kappa shape index (κ1) is 17.2. The molecule has 6 nitrogen and oxygen atoms in total. The van der Waals surface area contributed by atoms with Crippen molar-refractivity contribution in [2.24, 2.45) is 0 Å². The van der Waals surface area contributed by atoms with Crippen LogP contribution < -0.4 is 10.1 Å². The Hall–Kier alpha value is -2.60. The molecule has 0 saturated carbocycles. The van der Waals surface area contributed by atoms with Crippen molar-refractivity contribution < 1.29 is 9.53 Å². The van der Waals surface area contributed by atoms with E-state index in [4.69, 9.17) is 4.74 Å². The molecular weight excluding hydrogens is 316 g/mol. The summed E-state index contributed by atoms with van der Waals surface area (Å²) in [7, 11) is 1.64. The van der Waals surface area contributed by atoms with Crippen LogP contribution in [0.15, 0.2) is 42.6 Å². The Labute approximate surface area is 148 Å². The van der Waals surface area contributed by atoms with Crippen molar-refractivity contribution >= 4 is 17.3 Å². The summed E-state index contributed by atoms with van der Waals surface area (Å²) in [5, 5.41) is 3.26. The van der Waals surface area contributed by atoms with Gasteiger partial charge in [-0.3, -0.25) is 4.79 Å². The van der Waals surface area contributed by atoms with Crippen LogP contribution in [-0.2, 0) is 0 Å². The third-order valence-electron chi connectivity index (χ3n) is 4.45. The standard InChI is InChI=1S/C19H24N4O2/c1-3-22-9-11-23(12-10-22)19(24)18-8-7-16(14-20-18)21-15-5-4-6-17(13-15)25-2/h4-8,13-14,21H,3,9-12H2,1-2H3. The van der Waals surface area contributed by atoms with Gasteiger partial charge in [-0.1, -0.05) is 13.0 Å². The number of carbonyl (C=O) groups excluding carboxylic acids is 1. The molecule has 0 bridgehead atoms. The van der Waals surface area contributed by atoms with Gasteiger partial charge < -0.3 is 19.9 Å². The molecule has 1 amide bonds. The summed E-state index contributed by atoms with van der Waals surface area (Å²) < 4.78 is 5.22. The zero-order valence-corrected chi connectivity index (χ0v) is 14.7. The SMILES string of the molecule is CCN1CCN(C(=O)c2ccc(Nc3cccc(OC)c3)cn2)CC1. The van der Waals surface area contributed by atoms with Crippen molar-refractivity contribution in [2.45, 2.75) is 6.92 Å². The second-order valence-corrected chi connectivity index (χ2v) is 6.02. The molecule has 1 aliphatic rings. The largest absolute Gasteiger partial charge is 0.497 e. The fourth-order valence-electron chi connectivity index (χ4n) is 2.89. The number of rotatable bonds is 5. The highest BCUT2D eigenvalue weighted by molar-refractivity contribution is 5.92. The average molecular weight is 340 g/mol. The van der Waals surface area contributed by atoms with Crippen LogP contribution in [-0.4, -0.2) is 60.5 Å². The van der Waals surface area contributed by atoms with Crippen LogP contribution in [0.25, 0.3) is 0 Å². The number of aromatic nitrogens is 1. The minimum absolute atomic E-state index is 0.00341. The summed E-state index contributed by atoms with van der Waals surface area (Å²) in [4.78, 5) is 21.1. The summed E-state index contributed by atoms with van der Waals surface area (Å²) in [5.41, 5.74) is 2.23. The quantitative estimate of drug-likeness (QED) is 0.907. The zero-order valence-electron chi connectivity index (χ0n) is 14.7. The van der Waals surface area contributed by atoms with E-state index in [1.807, 2.05) is 35.2 Å². The molecule has 2 heterocycles. The lowest BCUT2D eigenvalue weighted by Gasteiger charge is -2.33. The van der Waals surface area contributed by atoms with E-state index in [-0.39, 0.29) is 5.91 Å². The number of anilines is 2. The smallest absolute Gasteiger partial charge is 0.272 e. The molecular formula is C19H24N4O2. The van der Waals surface area contributed by atoms with Crippen LogP contribution in [0.3, 0.4) is 0 Å². The third-order valence-corrected chi connectivity index (χ3v) is 4.45. The Morgan fingerprint density at radius 2 is 1.96 bits per heavy atom. The monoisotopic (exact) mass is 340 g/mol. The highest BCUT2D eigenvalue weighted by Gasteiger charge is 2.21. The Morgan fingerprint density at radius 3 is 2.60 bits per heavy atom. The van der Waals surface area contributed by atoms with Gasteiger partial charge in [0.05, 0.1) is 19.0 Å². The van der Waals surface area contributed by atoms with Crippen molar-refractivity contribution in [3.05, 3.63) is 48.3 Å². The highest BCUT2D eigenvalue weighted by atomic mass is 16.5. The fraction of sp³-hybridized carbons (Fsp3) is 0.368. The Kier molecular flexibility index (Phi) is 5.50. The van der Waals surface area contributed by atoms with Gasteiger partial charge in [0.1, 0.15) is 11.4 Å².